The highest BCUT2D eigenvalue weighted by atomic mass is 16.6. The molecular weight excluding hydrogens is 352 g/mol. The smallest absolute Gasteiger partial charge is 0.414 e. The first-order chi connectivity index (χ1) is 11.9. The number of carbonyl (C=O) groups excluding carboxylic acids is 3. The van der Waals surface area contributed by atoms with Gasteiger partial charge in [-0.05, 0) is 20.8 Å². The molecule has 1 saturated heterocycles. The summed E-state index contributed by atoms with van der Waals surface area (Å²) in [4.78, 5) is 54.7. The lowest BCUT2D eigenvalue weighted by molar-refractivity contribution is -0.160. The number of nitrogens with one attached hydrogen (secondary N) is 1. The fourth-order valence-corrected chi connectivity index (χ4v) is 1.89. The highest BCUT2D eigenvalue weighted by Crippen LogP contribution is 2.10. The van der Waals surface area contributed by atoms with E-state index in [9.17, 15) is 14.4 Å². The van der Waals surface area contributed by atoms with Gasteiger partial charge in [-0.1, -0.05) is 0 Å². The molecule has 0 aliphatic carbocycles. The van der Waals surface area contributed by atoms with E-state index >= 15 is 0 Å². The predicted molar refractivity (Wildman–Crippen MR) is 86.1 cm³/mol. The topological polar surface area (TPSA) is 160 Å². The molecule has 26 heavy (non-hydrogen) atoms. The van der Waals surface area contributed by atoms with E-state index in [1.54, 1.807) is 20.8 Å². The van der Waals surface area contributed by atoms with Crippen LogP contribution in [0.1, 0.15) is 27.2 Å². The van der Waals surface area contributed by atoms with E-state index in [1.807, 2.05) is 0 Å². The summed E-state index contributed by atoms with van der Waals surface area (Å²) in [6.07, 6.45) is -0.0415. The summed E-state index contributed by atoms with van der Waals surface area (Å²) in [6, 6.07) is -0.640. The van der Waals surface area contributed by atoms with Gasteiger partial charge in [0.2, 0.25) is 5.91 Å². The van der Waals surface area contributed by atoms with Crippen LogP contribution in [0.5, 0.6) is 0 Å². The minimum atomic E-state index is -1.82. The van der Waals surface area contributed by atoms with Crippen molar-refractivity contribution in [3.8, 4) is 0 Å². The molecule has 1 aliphatic rings. The second-order valence-corrected chi connectivity index (χ2v) is 6.24. The van der Waals surface area contributed by atoms with Crippen LogP contribution in [0.2, 0.25) is 0 Å². The predicted octanol–water partition coefficient (Wildman–Crippen LogP) is -1.15. The number of carboxylic acid groups (broad SMARTS) is 2. The number of ether oxygens (including phenoxy) is 2. The number of carboxylic acids is 2. The molecule has 1 rings (SSSR count). The van der Waals surface area contributed by atoms with E-state index < -0.39 is 35.5 Å². The highest BCUT2D eigenvalue weighted by Gasteiger charge is 2.32. The van der Waals surface area contributed by atoms with Crippen LogP contribution < -0.4 is 5.32 Å². The number of amides is 1. The number of methoxy groups -OCH3 is 1. The van der Waals surface area contributed by atoms with E-state index in [2.05, 4.69) is 10.1 Å². The zero-order chi connectivity index (χ0) is 20.5. The van der Waals surface area contributed by atoms with E-state index in [4.69, 9.17) is 24.5 Å². The van der Waals surface area contributed by atoms with E-state index in [1.165, 1.54) is 12.0 Å². The first-order valence-corrected chi connectivity index (χ1v) is 7.64. The van der Waals surface area contributed by atoms with E-state index in [-0.39, 0.29) is 18.9 Å². The van der Waals surface area contributed by atoms with Crippen molar-refractivity contribution in [2.24, 2.45) is 0 Å². The Hall–Kier alpha value is -2.69. The summed E-state index contributed by atoms with van der Waals surface area (Å²) >= 11 is 0. The molecule has 1 aliphatic heterocycles. The summed E-state index contributed by atoms with van der Waals surface area (Å²) in [7, 11) is 1.27. The molecule has 1 unspecified atom stereocenters. The number of nitrogens with zero attached hydrogens (tertiary/aromatic N) is 1. The molecule has 0 saturated carbocycles. The molecule has 0 aromatic rings. The minimum Gasteiger partial charge on any atom is -0.473 e. The second-order valence-electron chi connectivity index (χ2n) is 6.24. The lowest BCUT2D eigenvalue weighted by atomic mass is 10.1. The second kappa shape index (κ2) is 10.3. The summed E-state index contributed by atoms with van der Waals surface area (Å²) in [5.74, 6) is -4.85. The molecule has 0 bridgehead atoms. The van der Waals surface area contributed by atoms with Crippen LogP contribution in [-0.2, 0) is 33.4 Å². The molecule has 0 aromatic heterocycles. The molecule has 1 amide bonds. The quantitative estimate of drug-likeness (QED) is 0.404. The van der Waals surface area contributed by atoms with Crippen molar-refractivity contribution in [3.05, 3.63) is 0 Å². The molecular formula is C15H24N2O9. The Morgan fingerprint density at radius 2 is 1.69 bits per heavy atom. The van der Waals surface area contributed by atoms with Gasteiger partial charge in [0, 0.05) is 13.1 Å². The molecule has 1 fully saturated rings. The van der Waals surface area contributed by atoms with Crippen molar-refractivity contribution in [2.45, 2.75) is 38.8 Å². The van der Waals surface area contributed by atoms with Crippen molar-refractivity contribution < 1.29 is 43.7 Å². The Balaban J connectivity index is 0.000000896. The van der Waals surface area contributed by atoms with Gasteiger partial charge in [0.05, 0.1) is 19.6 Å². The fraction of sp³-hybridized carbons (Fsp3) is 0.667. The molecule has 148 valence electrons. The van der Waals surface area contributed by atoms with Crippen molar-refractivity contribution in [1.82, 2.24) is 10.2 Å². The molecule has 11 heteroatoms. The van der Waals surface area contributed by atoms with Crippen LogP contribution >= 0.6 is 0 Å². The average molecular weight is 376 g/mol. The maximum Gasteiger partial charge on any atom is 0.414 e. The van der Waals surface area contributed by atoms with Gasteiger partial charge in [0.25, 0.3) is 0 Å². The van der Waals surface area contributed by atoms with Gasteiger partial charge in [-0.25, -0.2) is 9.59 Å². The van der Waals surface area contributed by atoms with E-state index in [0.29, 0.717) is 13.1 Å². The molecule has 1 atom stereocenters. The number of aliphatic carboxylic acids is 2. The monoisotopic (exact) mass is 376 g/mol. The SMILES string of the molecule is COC(=O)CC1NCCN(CC(=O)OC(C)(C)C)C1=O.O=C(O)C(=O)O. The fourth-order valence-electron chi connectivity index (χ4n) is 1.89. The third-order valence-corrected chi connectivity index (χ3v) is 2.90. The minimum absolute atomic E-state index is 0.0415. The van der Waals surface area contributed by atoms with Gasteiger partial charge in [0.15, 0.2) is 0 Å². The molecule has 0 radical (unpaired) electrons. The van der Waals surface area contributed by atoms with Crippen molar-refractivity contribution in [2.75, 3.05) is 26.7 Å². The Bertz CT molecular complexity index is 542. The van der Waals surface area contributed by atoms with Crippen molar-refractivity contribution in [1.29, 1.82) is 0 Å². The van der Waals surface area contributed by atoms with Gasteiger partial charge >= 0.3 is 23.9 Å². The lowest BCUT2D eigenvalue weighted by Crippen LogP contribution is -2.57. The maximum atomic E-state index is 12.1. The number of piperazine rings is 1. The van der Waals surface area contributed by atoms with Gasteiger partial charge in [-0.3, -0.25) is 14.4 Å². The average Bonchev–Trinajstić information content (AvgIpc) is 2.49. The van der Waals surface area contributed by atoms with Crippen LogP contribution in [0.3, 0.4) is 0 Å². The normalized spacial score (nSPS) is 16.8. The first kappa shape index (κ1) is 23.3. The van der Waals surface area contributed by atoms with E-state index in [0.717, 1.165) is 0 Å². The third kappa shape index (κ3) is 9.57. The van der Waals surface area contributed by atoms with Crippen LogP contribution in [0, 0.1) is 0 Å². The Morgan fingerprint density at radius 1 is 1.15 bits per heavy atom. The van der Waals surface area contributed by atoms with Gasteiger partial charge in [-0.2, -0.15) is 0 Å². The third-order valence-electron chi connectivity index (χ3n) is 2.90. The van der Waals surface area contributed by atoms with Crippen LogP contribution in [0.15, 0.2) is 0 Å². The molecule has 11 nitrogen and oxygen atoms in total. The zero-order valence-electron chi connectivity index (χ0n) is 15.1. The number of hydrogen-bond acceptors (Lipinski definition) is 8. The lowest BCUT2D eigenvalue weighted by Gasteiger charge is -2.32. The van der Waals surface area contributed by atoms with Crippen LogP contribution in [-0.4, -0.2) is 83.3 Å². The maximum absolute atomic E-state index is 12.1. The summed E-state index contributed by atoms with van der Waals surface area (Å²) < 4.78 is 9.72. The Morgan fingerprint density at radius 3 is 2.12 bits per heavy atom. The Labute approximate surface area is 150 Å². The number of carbonyl (C=O) groups is 5. The Kier molecular flexibility index (Phi) is 9.27. The van der Waals surface area contributed by atoms with Gasteiger partial charge in [0.1, 0.15) is 12.1 Å². The molecule has 3 N–H and O–H groups in total. The zero-order valence-corrected chi connectivity index (χ0v) is 15.1. The largest absolute Gasteiger partial charge is 0.473 e. The number of hydrogen-bond donors (Lipinski definition) is 3. The van der Waals surface area contributed by atoms with Crippen molar-refractivity contribution >= 4 is 29.8 Å². The van der Waals surface area contributed by atoms with Gasteiger partial charge < -0.3 is 29.9 Å². The number of rotatable bonds is 4. The molecule has 1 heterocycles. The molecule has 0 aromatic carbocycles. The summed E-state index contributed by atoms with van der Waals surface area (Å²) in [6.45, 7) is 6.14. The summed E-state index contributed by atoms with van der Waals surface area (Å²) in [5, 5.41) is 17.7. The van der Waals surface area contributed by atoms with Crippen LogP contribution in [0.4, 0.5) is 0 Å². The van der Waals surface area contributed by atoms with Crippen LogP contribution in [0.25, 0.3) is 0 Å². The highest BCUT2D eigenvalue weighted by molar-refractivity contribution is 6.27. The number of esters is 2. The standard InChI is InChI=1S/C13H22N2O5.C2H2O4/c1-13(2,3)20-11(17)8-15-6-5-14-9(12(15)18)7-10(16)19-4;3-1(4)2(5)6/h9,14H,5-8H2,1-4H3;(H,3,4)(H,5,6). The first-order valence-electron chi connectivity index (χ1n) is 7.64. The summed E-state index contributed by atoms with van der Waals surface area (Å²) in [5.41, 5.74) is -0.584. The van der Waals surface area contributed by atoms with Gasteiger partial charge in [-0.15, -0.1) is 0 Å². The molecule has 0 spiro atoms. The van der Waals surface area contributed by atoms with Crippen molar-refractivity contribution in [3.63, 3.8) is 0 Å².